The highest BCUT2D eigenvalue weighted by Crippen LogP contribution is 2.33. The van der Waals surface area contributed by atoms with Crippen molar-refractivity contribution in [3.05, 3.63) is 41.7 Å². The molecule has 0 bridgehead atoms. The van der Waals surface area contributed by atoms with Gasteiger partial charge in [0.1, 0.15) is 17.5 Å². The molecule has 6 heteroatoms. The van der Waals surface area contributed by atoms with Gasteiger partial charge in [0, 0.05) is 44.5 Å². The summed E-state index contributed by atoms with van der Waals surface area (Å²) >= 11 is 0. The minimum atomic E-state index is 0.744. The lowest BCUT2D eigenvalue weighted by Gasteiger charge is -2.35. The van der Waals surface area contributed by atoms with Gasteiger partial charge in [0.05, 0.1) is 0 Å². The number of carbonyl (C=O) groups excluding carboxylic acids is 1. The molecule has 1 fully saturated rings. The standard InChI is InChI=1S/C19H23N5O/c1-15-20-18(23-11-9-22(14-25)10-12-23)13-19(21-15)24-8-4-6-16-5-2-3-7-17(16)24/h2-3,5,7,13-14H,4,6,8-12H2,1H3. The fourth-order valence-electron chi connectivity index (χ4n) is 3.66. The number of aryl methyl sites for hydroxylation is 2. The van der Waals surface area contributed by atoms with E-state index >= 15 is 0 Å². The molecule has 0 radical (unpaired) electrons. The van der Waals surface area contributed by atoms with Crippen LogP contribution in [0.2, 0.25) is 0 Å². The Labute approximate surface area is 148 Å². The van der Waals surface area contributed by atoms with Gasteiger partial charge in [0.25, 0.3) is 0 Å². The number of carbonyl (C=O) groups is 1. The summed E-state index contributed by atoms with van der Waals surface area (Å²) in [6.45, 7) is 6.04. The second kappa shape index (κ2) is 6.70. The first-order chi connectivity index (χ1) is 12.2. The third-order valence-electron chi connectivity index (χ3n) is 4.99. The molecule has 2 aromatic rings. The lowest BCUT2D eigenvalue weighted by atomic mass is 10.0. The summed E-state index contributed by atoms with van der Waals surface area (Å²) in [4.78, 5) is 26.6. The van der Waals surface area contributed by atoms with E-state index in [9.17, 15) is 4.79 Å². The first kappa shape index (κ1) is 15.9. The first-order valence-corrected chi connectivity index (χ1v) is 8.90. The summed E-state index contributed by atoms with van der Waals surface area (Å²) in [6, 6.07) is 10.7. The zero-order valence-electron chi connectivity index (χ0n) is 14.6. The van der Waals surface area contributed by atoms with Crippen LogP contribution in [0.5, 0.6) is 0 Å². The van der Waals surface area contributed by atoms with Crippen LogP contribution in [0.25, 0.3) is 0 Å². The average Bonchev–Trinajstić information content (AvgIpc) is 2.67. The zero-order valence-corrected chi connectivity index (χ0v) is 14.6. The van der Waals surface area contributed by atoms with E-state index in [-0.39, 0.29) is 0 Å². The van der Waals surface area contributed by atoms with E-state index in [0.29, 0.717) is 0 Å². The molecular weight excluding hydrogens is 314 g/mol. The Kier molecular flexibility index (Phi) is 4.26. The van der Waals surface area contributed by atoms with Crippen molar-refractivity contribution in [2.75, 3.05) is 42.5 Å². The van der Waals surface area contributed by atoms with Crippen LogP contribution in [-0.2, 0) is 11.2 Å². The maximum atomic E-state index is 10.9. The van der Waals surface area contributed by atoms with Gasteiger partial charge in [-0.1, -0.05) is 18.2 Å². The van der Waals surface area contributed by atoms with Gasteiger partial charge < -0.3 is 14.7 Å². The molecular formula is C19H23N5O. The van der Waals surface area contributed by atoms with E-state index in [2.05, 4.69) is 45.1 Å². The number of anilines is 3. The highest BCUT2D eigenvalue weighted by molar-refractivity contribution is 5.67. The maximum Gasteiger partial charge on any atom is 0.209 e. The second-order valence-electron chi connectivity index (χ2n) is 6.64. The molecule has 2 aliphatic heterocycles. The molecule has 6 nitrogen and oxygen atoms in total. The average molecular weight is 337 g/mol. The number of hydrogen-bond acceptors (Lipinski definition) is 5. The Balaban J connectivity index is 1.64. The highest BCUT2D eigenvalue weighted by Gasteiger charge is 2.22. The van der Waals surface area contributed by atoms with E-state index in [4.69, 9.17) is 4.98 Å². The van der Waals surface area contributed by atoms with Gasteiger partial charge in [-0.2, -0.15) is 0 Å². The van der Waals surface area contributed by atoms with Crippen molar-refractivity contribution in [3.63, 3.8) is 0 Å². The Hall–Kier alpha value is -2.63. The van der Waals surface area contributed by atoms with Gasteiger partial charge in [0.15, 0.2) is 0 Å². The van der Waals surface area contributed by atoms with Crippen LogP contribution in [0, 0.1) is 6.92 Å². The van der Waals surface area contributed by atoms with Crippen LogP contribution in [0.15, 0.2) is 30.3 Å². The van der Waals surface area contributed by atoms with E-state index in [1.165, 1.54) is 11.3 Å². The predicted octanol–water partition coefficient (Wildman–Crippen LogP) is 2.15. The maximum absolute atomic E-state index is 10.9. The highest BCUT2D eigenvalue weighted by atomic mass is 16.1. The number of aromatic nitrogens is 2. The normalized spacial score (nSPS) is 17.4. The van der Waals surface area contributed by atoms with Crippen molar-refractivity contribution in [1.29, 1.82) is 0 Å². The molecule has 1 aromatic carbocycles. The van der Waals surface area contributed by atoms with Crippen molar-refractivity contribution < 1.29 is 4.79 Å². The number of hydrogen-bond donors (Lipinski definition) is 0. The summed E-state index contributed by atoms with van der Waals surface area (Å²) in [6.07, 6.45) is 3.18. The number of rotatable bonds is 3. The van der Waals surface area contributed by atoms with Crippen LogP contribution < -0.4 is 9.80 Å². The topological polar surface area (TPSA) is 52.6 Å². The van der Waals surface area contributed by atoms with Crippen molar-refractivity contribution in [1.82, 2.24) is 14.9 Å². The number of fused-ring (bicyclic) bond motifs is 1. The molecule has 25 heavy (non-hydrogen) atoms. The van der Waals surface area contributed by atoms with E-state index in [1.807, 2.05) is 11.8 Å². The predicted molar refractivity (Wildman–Crippen MR) is 98.4 cm³/mol. The summed E-state index contributed by atoms with van der Waals surface area (Å²) in [7, 11) is 0. The molecule has 0 unspecified atom stereocenters. The smallest absolute Gasteiger partial charge is 0.209 e. The summed E-state index contributed by atoms with van der Waals surface area (Å²) in [5.41, 5.74) is 2.63. The molecule has 130 valence electrons. The first-order valence-electron chi connectivity index (χ1n) is 8.90. The lowest BCUT2D eigenvalue weighted by Crippen LogP contribution is -2.46. The van der Waals surface area contributed by atoms with Crippen molar-refractivity contribution >= 4 is 23.7 Å². The van der Waals surface area contributed by atoms with Crippen LogP contribution in [0.3, 0.4) is 0 Å². The molecule has 4 rings (SSSR count). The molecule has 1 aromatic heterocycles. The summed E-state index contributed by atoms with van der Waals surface area (Å²) in [5, 5.41) is 0. The van der Waals surface area contributed by atoms with Crippen LogP contribution in [0.1, 0.15) is 17.8 Å². The monoisotopic (exact) mass is 337 g/mol. The Morgan fingerprint density at radius 3 is 2.56 bits per heavy atom. The Bertz CT molecular complexity index is 770. The van der Waals surface area contributed by atoms with Crippen LogP contribution >= 0.6 is 0 Å². The Morgan fingerprint density at radius 2 is 1.76 bits per heavy atom. The van der Waals surface area contributed by atoms with Crippen LogP contribution in [-0.4, -0.2) is 54.0 Å². The van der Waals surface area contributed by atoms with Crippen molar-refractivity contribution in [2.24, 2.45) is 0 Å². The van der Waals surface area contributed by atoms with Gasteiger partial charge >= 0.3 is 0 Å². The third-order valence-corrected chi connectivity index (χ3v) is 4.99. The van der Waals surface area contributed by atoms with Crippen molar-refractivity contribution in [2.45, 2.75) is 19.8 Å². The quantitative estimate of drug-likeness (QED) is 0.803. The molecule has 0 saturated carbocycles. The van der Waals surface area contributed by atoms with E-state index in [0.717, 1.165) is 69.4 Å². The number of benzene rings is 1. The molecule has 2 aliphatic rings. The van der Waals surface area contributed by atoms with Gasteiger partial charge in [-0.05, 0) is 31.4 Å². The van der Waals surface area contributed by atoms with E-state index in [1.54, 1.807) is 0 Å². The minimum Gasteiger partial charge on any atom is -0.353 e. The molecule has 1 amide bonds. The van der Waals surface area contributed by atoms with Crippen LogP contribution in [0.4, 0.5) is 17.3 Å². The van der Waals surface area contributed by atoms with Gasteiger partial charge in [-0.25, -0.2) is 9.97 Å². The van der Waals surface area contributed by atoms with E-state index < -0.39 is 0 Å². The Morgan fingerprint density at radius 1 is 1.00 bits per heavy atom. The third kappa shape index (κ3) is 3.16. The van der Waals surface area contributed by atoms with Gasteiger partial charge in [-0.3, -0.25) is 4.79 Å². The number of piperazine rings is 1. The minimum absolute atomic E-state index is 0.744. The molecule has 0 atom stereocenters. The molecule has 0 N–H and O–H groups in total. The van der Waals surface area contributed by atoms with Gasteiger partial charge in [-0.15, -0.1) is 0 Å². The molecule has 0 spiro atoms. The number of amides is 1. The second-order valence-corrected chi connectivity index (χ2v) is 6.64. The van der Waals surface area contributed by atoms with Gasteiger partial charge in [0.2, 0.25) is 6.41 Å². The molecule has 3 heterocycles. The van der Waals surface area contributed by atoms with Crippen molar-refractivity contribution in [3.8, 4) is 0 Å². The largest absolute Gasteiger partial charge is 0.353 e. The SMILES string of the molecule is Cc1nc(N2CCN(C=O)CC2)cc(N2CCCc3ccccc32)n1. The fraction of sp³-hybridized carbons (Fsp3) is 0.421. The summed E-state index contributed by atoms with van der Waals surface area (Å²) in [5.74, 6) is 2.71. The number of para-hydroxylation sites is 1. The lowest BCUT2D eigenvalue weighted by molar-refractivity contribution is -0.118. The number of nitrogens with zero attached hydrogens (tertiary/aromatic N) is 5. The zero-order chi connectivity index (χ0) is 17.2. The molecule has 1 saturated heterocycles. The fourth-order valence-corrected chi connectivity index (χ4v) is 3.66. The molecule has 0 aliphatic carbocycles. The summed E-state index contributed by atoms with van der Waals surface area (Å²) < 4.78 is 0.